The van der Waals surface area contributed by atoms with Crippen molar-refractivity contribution in [1.82, 2.24) is 15.1 Å². The minimum atomic E-state index is 0.0858. The van der Waals surface area contributed by atoms with Crippen LogP contribution in [-0.2, 0) is 11.3 Å². The quantitative estimate of drug-likeness (QED) is 0.784. The van der Waals surface area contributed by atoms with Gasteiger partial charge in [0.15, 0.2) is 0 Å². The number of carbonyl (C=O) groups excluding carboxylic acids is 1. The van der Waals surface area contributed by atoms with Gasteiger partial charge in [0.05, 0.1) is 6.54 Å². The van der Waals surface area contributed by atoms with Crippen LogP contribution in [0.5, 0.6) is 0 Å². The summed E-state index contributed by atoms with van der Waals surface area (Å²) in [5, 5.41) is 2.83. The van der Waals surface area contributed by atoms with E-state index in [0.717, 1.165) is 32.7 Å². The van der Waals surface area contributed by atoms with Crippen LogP contribution in [0.1, 0.15) is 30.9 Å². The van der Waals surface area contributed by atoms with E-state index in [4.69, 9.17) is 0 Å². The minimum Gasteiger partial charge on any atom is -0.352 e. The van der Waals surface area contributed by atoms with Gasteiger partial charge in [0.1, 0.15) is 0 Å². The Morgan fingerprint density at radius 3 is 2.35 bits per heavy atom. The fourth-order valence-corrected chi connectivity index (χ4v) is 2.82. The van der Waals surface area contributed by atoms with E-state index in [1.165, 1.54) is 11.1 Å². The molecule has 0 aromatic heterocycles. The lowest BCUT2D eigenvalue weighted by molar-refractivity contribution is -0.122. The molecular weight excluding hydrogens is 286 g/mol. The highest BCUT2D eigenvalue weighted by Crippen LogP contribution is 2.16. The SMILES string of the molecule is C=CCNC(=O)CN1CCN(Cc2ccc(C(C)C)cc2)CC1. The third kappa shape index (κ3) is 5.81. The van der Waals surface area contributed by atoms with E-state index < -0.39 is 0 Å². The van der Waals surface area contributed by atoms with Gasteiger partial charge in [-0.3, -0.25) is 14.6 Å². The zero-order chi connectivity index (χ0) is 16.7. The molecule has 1 fully saturated rings. The third-order valence-corrected chi connectivity index (χ3v) is 4.33. The molecule has 1 aliphatic rings. The lowest BCUT2D eigenvalue weighted by Crippen LogP contribution is -2.49. The minimum absolute atomic E-state index is 0.0858. The Hall–Kier alpha value is -1.65. The zero-order valence-electron chi connectivity index (χ0n) is 14.4. The first-order valence-electron chi connectivity index (χ1n) is 8.49. The van der Waals surface area contributed by atoms with Crippen LogP contribution in [0.4, 0.5) is 0 Å². The molecule has 1 aromatic rings. The maximum atomic E-state index is 11.7. The van der Waals surface area contributed by atoms with E-state index in [1.807, 2.05) is 0 Å². The molecule has 1 aromatic carbocycles. The lowest BCUT2D eigenvalue weighted by atomic mass is 10.0. The Bertz CT molecular complexity index is 502. The number of hydrogen-bond acceptors (Lipinski definition) is 3. The van der Waals surface area contributed by atoms with Crippen molar-refractivity contribution in [2.45, 2.75) is 26.3 Å². The second-order valence-corrected chi connectivity index (χ2v) is 6.54. The molecule has 0 saturated carbocycles. The van der Waals surface area contributed by atoms with E-state index in [2.05, 4.69) is 59.8 Å². The summed E-state index contributed by atoms with van der Waals surface area (Å²) >= 11 is 0. The Morgan fingerprint density at radius 2 is 1.78 bits per heavy atom. The molecule has 4 nitrogen and oxygen atoms in total. The average molecular weight is 315 g/mol. The van der Waals surface area contributed by atoms with Crippen molar-refractivity contribution in [1.29, 1.82) is 0 Å². The van der Waals surface area contributed by atoms with Gasteiger partial charge in [-0.15, -0.1) is 6.58 Å². The maximum Gasteiger partial charge on any atom is 0.234 e. The van der Waals surface area contributed by atoms with E-state index in [1.54, 1.807) is 6.08 Å². The van der Waals surface area contributed by atoms with E-state index >= 15 is 0 Å². The molecule has 2 rings (SSSR count). The summed E-state index contributed by atoms with van der Waals surface area (Å²) in [5.74, 6) is 0.669. The van der Waals surface area contributed by atoms with E-state index in [9.17, 15) is 4.79 Å². The molecule has 4 heteroatoms. The molecule has 0 spiro atoms. The van der Waals surface area contributed by atoms with Gasteiger partial charge in [-0.1, -0.05) is 44.2 Å². The van der Waals surface area contributed by atoms with Crippen molar-refractivity contribution >= 4 is 5.91 Å². The lowest BCUT2D eigenvalue weighted by Gasteiger charge is -2.34. The predicted molar refractivity (Wildman–Crippen MR) is 95.5 cm³/mol. The second kappa shape index (κ2) is 8.85. The fourth-order valence-electron chi connectivity index (χ4n) is 2.82. The van der Waals surface area contributed by atoms with Crippen molar-refractivity contribution < 1.29 is 4.79 Å². The van der Waals surface area contributed by atoms with Crippen molar-refractivity contribution in [3.05, 3.63) is 48.0 Å². The normalized spacial score (nSPS) is 16.5. The van der Waals surface area contributed by atoms with Gasteiger partial charge in [0, 0.05) is 39.3 Å². The van der Waals surface area contributed by atoms with Crippen molar-refractivity contribution in [3.8, 4) is 0 Å². The van der Waals surface area contributed by atoms with Crippen molar-refractivity contribution in [2.24, 2.45) is 0 Å². The molecule has 0 radical (unpaired) electrons. The maximum absolute atomic E-state index is 11.7. The van der Waals surface area contributed by atoms with Gasteiger partial charge in [0.25, 0.3) is 0 Å². The summed E-state index contributed by atoms with van der Waals surface area (Å²) in [4.78, 5) is 16.4. The second-order valence-electron chi connectivity index (χ2n) is 6.54. The van der Waals surface area contributed by atoms with Gasteiger partial charge < -0.3 is 5.32 Å². The molecule has 23 heavy (non-hydrogen) atoms. The first-order chi connectivity index (χ1) is 11.1. The summed E-state index contributed by atoms with van der Waals surface area (Å²) in [6, 6.07) is 8.95. The van der Waals surface area contributed by atoms with Crippen molar-refractivity contribution in [2.75, 3.05) is 39.3 Å². The number of carbonyl (C=O) groups is 1. The number of benzene rings is 1. The number of nitrogens with one attached hydrogen (secondary N) is 1. The van der Waals surface area contributed by atoms with Gasteiger partial charge in [-0.2, -0.15) is 0 Å². The molecule has 0 bridgehead atoms. The Labute approximate surface area is 140 Å². The molecule has 1 aliphatic heterocycles. The van der Waals surface area contributed by atoms with Crippen LogP contribution < -0.4 is 5.32 Å². The molecular formula is C19H29N3O. The van der Waals surface area contributed by atoms with Crippen LogP contribution in [0.3, 0.4) is 0 Å². The summed E-state index contributed by atoms with van der Waals surface area (Å²) in [6.07, 6.45) is 1.71. The molecule has 0 atom stereocenters. The molecule has 1 N–H and O–H groups in total. The first kappa shape index (κ1) is 17.7. The zero-order valence-corrected chi connectivity index (χ0v) is 14.4. The van der Waals surface area contributed by atoms with Crippen LogP contribution >= 0.6 is 0 Å². The number of rotatable bonds is 7. The summed E-state index contributed by atoms with van der Waals surface area (Å²) in [5.41, 5.74) is 2.76. The summed E-state index contributed by atoms with van der Waals surface area (Å²) < 4.78 is 0. The van der Waals surface area contributed by atoms with Crippen LogP contribution in [-0.4, -0.2) is 55.0 Å². The highest BCUT2D eigenvalue weighted by Gasteiger charge is 2.18. The van der Waals surface area contributed by atoms with Crippen molar-refractivity contribution in [3.63, 3.8) is 0 Å². The van der Waals surface area contributed by atoms with E-state index in [0.29, 0.717) is 19.0 Å². The molecule has 0 aliphatic carbocycles. The third-order valence-electron chi connectivity index (χ3n) is 4.33. The molecule has 126 valence electrons. The summed E-state index contributed by atoms with van der Waals surface area (Å²) in [7, 11) is 0. The molecule has 1 saturated heterocycles. The highest BCUT2D eigenvalue weighted by atomic mass is 16.2. The fraction of sp³-hybridized carbons (Fsp3) is 0.526. The van der Waals surface area contributed by atoms with Gasteiger partial charge in [0.2, 0.25) is 5.91 Å². The standard InChI is InChI=1S/C19H29N3O/c1-4-9-20-19(23)15-22-12-10-21(11-13-22)14-17-5-7-18(8-6-17)16(2)3/h4-8,16H,1,9-15H2,2-3H3,(H,20,23). The molecule has 1 amide bonds. The Balaban J connectivity index is 1.74. The monoisotopic (exact) mass is 315 g/mol. The number of hydrogen-bond donors (Lipinski definition) is 1. The number of amides is 1. The predicted octanol–water partition coefficient (Wildman–Crippen LogP) is 2.23. The first-order valence-corrected chi connectivity index (χ1v) is 8.49. The van der Waals surface area contributed by atoms with Crippen LogP contribution in [0.2, 0.25) is 0 Å². The number of piperazine rings is 1. The highest BCUT2D eigenvalue weighted by molar-refractivity contribution is 5.78. The van der Waals surface area contributed by atoms with E-state index in [-0.39, 0.29) is 5.91 Å². The van der Waals surface area contributed by atoms with Crippen LogP contribution in [0, 0.1) is 0 Å². The Morgan fingerprint density at radius 1 is 1.17 bits per heavy atom. The average Bonchev–Trinajstić information content (AvgIpc) is 2.55. The van der Waals surface area contributed by atoms with Gasteiger partial charge in [-0.25, -0.2) is 0 Å². The smallest absolute Gasteiger partial charge is 0.234 e. The molecule has 1 heterocycles. The molecule has 0 unspecified atom stereocenters. The number of nitrogens with zero attached hydrogens (tertiary/aromatic N) is 2. The largest absolute Gasteiger partial charge is 0.352 e. The van der Waals surface area contributed by atoms with Crippen LogP contribution in [0.25, 0.3) is 0 Å². The van der Waals surface area contributed by atoms with Gasteiger partial charge >= 0.3 is 0 Å². The Kier molecular flexibility index (Phi) is 6.81. The topological polar surface area (TPSA) is 35.6 Å². The summed E-state index contributed by atoms with van der Waals surface area (Å²) in [6.45, 7) is 14.0. The van der Waals surface area contributed by atoms with Gasteiger partial charge in [-0.05, 0) is 17.0 Å². The van der Waals surface area contributed by atoms with Crippen LogP contribution in [0.15, 0.2) is 36.9 Å².